The first-order chi connectivity index (χ1) is 11.4. The number of rotatable bonds is 3. The number of nitrogens with one attached hydrogen (secondary N) is 1. The molecule has 3 aliphatic rings. The lowest BCUT2D eigenvalue weighted by atomic mass is 9.80. The van der Waals surface area contributed by atoms with Gasteiger partial charge in [0.15, 0.2) is 15.8 Å². The van der Waals surface area contributed by atoms with E-state index in [1.165, 1.54) is 6.42 Å². The van der Waals surface area contributed by atoms with Gasteiger partial charge in [-0.3, -0.25) is 4.99 Å². The molecule has 25 heavy (non-hydrogen) atoms. The summed E-state index contributed by atoms with van der Waals surface area (Å²) < 4.78 is 28.8. The largest absolute Gasteiger partial charge is 0.381 e. The molecule has 0 radical (unpaired) electrons. The first kappa shape index (κ1) is 21.2. The molecule has 1 N–H and O–H groups in total. The van der Waals surface area contributed by atoms with E-state index < -0.39 is 9.84 Å². The smallest absolute Gasteiger partial charge is 0.194 e. The molecule has 3 saturated heterocycles. The Morgan fingerprint density at radius 2 is 2.04 bits per heavy atom. The zero-order valence-corrected chi connectivity index (χ0v) is 18.5. The number of nitrogens with zero attached hydrogens (tertiary/aromatic N) is 2. The van der Waals surface area contributed by atoms with Crippen LogP contribution in [0.1, 0.15) is 39.5 Å². The summed E-state index contributed by atoms with van der Waals surface area (Å²) >= 11 is 0. The van der Waals surface area contributed by atoms with E-state index in [2.05, 4.69) is 24.1 Å². The van der Waals surface area contributed by atoms with Crippen molar-refractivity contribution in [1.29, 1.82) is 0 Å². The van der Waals surface area contributed by atoms with Gasteiger partial charge in [-0.15, -0.1) is 24.0 Å². The summed E-state index contributed by atoms with van der Waals surface area (Å²) in [7, 11) is -2.82. The standard InChI is InChI=1S/C17H31N3O3S.HI/c1-14(2)19-16(18-11-15-3-10-24(21,22)12-15)20-7-4-17(13-20)5-8-23-9-6-17;/h14-15H,3-13H2,1-2H3,(H,18,19);1H. The van der Waals surface area contributed by atoms with Gasteiger partial charge < -0.3 is 15.0 Å². The molecular formula is C17H32IN3O3S. The lowest BCUT2D eigenvalue weighted by molar-refractivity contribution is 0.0217. The molecule has 0 aromatic rings. The fourth-order valence-electron chi connectivity index (χ4n) is 4.06. The molecule has 0 aromatic carbocycles. The highest BCUT2D eigenvalue weighted by molar-refractivity contribution is 14.0. The summed E-state index contributed by atoms with van der Waals surface area (Å²) in [4.78, 5) is 7.18. The van der Waals surface area contributed by atoms with Crippen LogP contribution >= 0.6 is 24.0 Å². The zero-order valence-electron chi connectivity index (χ0n) is 15.4. The van der Waals surface area contributed by atoms with Crippen molar-refractivity contribution in [2.75, 3.05) is 44.4 Å². The van der Waals surface area contributed by atoms with Crippen LogP contribution in [0.5, 0.6) is 0 Å². The third-order valence-electron chi connectivity index (χ3n) is 5.54. The van der Waals surface area contributed by atoms with Crippen LogP contribution in [0.25, 0.3) is 0 Å². The van der Waals surface area contributed by atoms with Crippen LogP contribution in [-0.4, -0.2) is 69.7 Å². The highest BCUT2D eigenvalue weighted by Gasteiger charge is 2.40. The number of halogens is 1. The normalized spacial score (nSPS) is 28.4. The second-order valence-electron chi connectivity index (χ2n) is 8.02. The van der Waals surface area contributed by atoms with E-state index in [9.17, 15) is 8.42 Å². The van der Waals surface area contributed by atoms with Gasteiger partial charge in [0.25, 0.3) is 0 Å². The van der Waals surface area contributed by atoms with Gasteiger partial charge >= 0.3 is 0 Å². The summed E-state index contributed by atoms with van der Waals surface area (Å²) in [5.74, 6) is 1.76. The van der Waals surface area contributed by atoms with Gasteiger partial charge in [-0.25, -0.2) is 8.42 Å². The van der Waals surface area contributed by atoms with E-state index in [0.29, 0.717) is 29.5 Å². The summed E-state index contributed by atoms with van der Waals surface area (Å²) in [6.45, 7) is 8.67. The van der Waals surface area contributed by atoms with Crippen molar-refractivity contribution in [2.24, 2.45) is 16.3 Å². The Hall–Kier alpha value is -0.0900. The lowest BCUT2D eigenvalue weighted by Crippen LogP contribution is -2.45. The highest BCUT2D eigenvalue weighted by Crippen LogP contribution is 2.39. The minimum atomic E-state index is -2.82. The summed E-state index contributed by atoms with van der Waals surface area (Å²) in [6.07, 6.45) is 4.23. The van der Waals surface area contributed by atoms with Crippen LogP contribution in [-0.2, 0) is 14.6 Å². The van der Waals surface area contributed by atoms with Crippen LogP contribution in [0, 0.1) is 11.3 Å². The number of ether oxygens (including phenoxy) is 1. The van der Waals surface area contributed by atoms with Crippen molar-refractivity contribution >= 4 is 39.8 Å². The molecule has 1 atom stereocenters. The van der Waals surface area contributed by atoms with Gasteiger partial charge in [0.05, 0.1) is 11.5 Å². The number of hydrogen-bond acceptors (Lipinski definition) is 4. The average molecular weight is 485 g/mol. The maximum atomic E-state index is 11.6. The average Bonchev–Trinajstić information content (AvgIpc) is 3.08. The molecule has 0 saturated carbocycles. The Labute approximate surface area is 169 Å². The predicted octanol–water partition coefficient (Wildman–Crippen LogP) is 1.90. The van der Waals surface area contributed by atoms with E-state index in [-0.39, 0.29) is 29.9 Å². The SMILES string of the molecule is CC(C)NC(=NCC1CCS(=O)(=O)C1)N1CCC2(CCOCC2)C1.I. The van der Waals surface area contributed by atoms with Gasteiger partial charge in [0, 0.05) is 38.9 Å². The number of sulfone groups is 1. The van der Waals surface area contributed by atoms with E-state index in [1.54, 1.807) is 0 Å². The molecule has 0 aromatic heterocycles. The monoisotopic (exact) mass is 485 g/mol. The fraction of sp³-hybridized carbons (Fsp3) is 0.941. The van der Waals surface area contributed by atoms with Crippen molar-refractivity contribution in [1.82, 2.24) is 10.2 Å². The fourth-order valence-corrected chi connectivity index (χ4v) is 5.90. The molecule has 0 bridgehead atoms. The predicted molar refractivity (Wildman–Crippen MR) is 111 cm³/mol. The van der Waals surface area contributed by atoms with Gasteiger partial charge in [-0.2, -0.15) is 0 Å². The second kappa shape index (κ2) is 8.73. The maximum absolute atomic E-state index is 11.6. The Bertz CT molecular complexity index is 574. The molecule has 3 rings (SSSR count). The van der Waals surface area contributed by atoms with Crippen molar-refractivity contribution in [3.05, 3.63) is 0 Å². The van der Waals surface area contributed by atoms with Crippen molar-refractivity contribution in [3.63, 3.8) is 0 Å². The van der Waals surface area contributed by atoms with Gasteiger partial charge in [0.2, 0.25) is 0 Å². The van der Waals surface area contributed by atoms with E-state index in [4.69, 9.17) is 9.73 Å². The zero-order chi connectivity index (χ0) is 17.2. The van der Waals surface area contributed by atoms with Gasteiger partial charge in [-0.05, 0) is 50.9 Å². The third-order valence-corrected chi connectivity index (χ3v) is 7.37. The van der Waals surface area contributed by atoms with Crippen LogP contribution < -0.4 is 5.32 Å². The van der Waals surface area contributed by atoms with Gasteiger partial charge in [0.1, 0.15) is 0 Å². The molecule has 146 valence electrons. The van der Waals surface area contributed by atoms with Crippen molar-refractivity contribution < 1.29 is 13.2 Å². The molecule has 3 fully saturated rings. The number of guanidine groups is 1. The molecule has 0 aliphatic carbocycles. The molecule has 6 nitrogen and oxygen atoms in total. The quantitative estimate of drug-likeness (QED) is 0.376. The van der Waals surface area contributed by atoms with E-state index in [1.807, 2.05) is 0 Å². The molecule has 0 amide bonds. The Morgan fingerprint density at radius 3 is 2.64 bits per heavy atom. The highest BCUT2D eigenvalue weighted by atomic mass is 127. The second-order valence-corrected chi connectivity index (χ2v) is 10.2. The minimum Gasteiger partial charge on any atom is -0.381 e. The molecule has 3 heterocycles. The van der Waals surface area contributed by atoms with Crippen LogP contribution in [0.2, 0.25) is 0 Å². The molecular weight excluding hydrogens is 453 g/mol. The molecule has 3 aliphatic heterocycles. The van der Waals surface area contributed by atoms with Crippen LogP contribution in [0.4, 0.5) is 0 Å². The van der Waals surface area contributed by atoms with Crippen molar-refractivity contribution in [2.45, 2.75) is 45.6 Å². The Balaban J connectivity index is 0.00000225. The third kappa shape index (κ3) is 5.69. The molecule has 8 heteroatoms. The van der Waals surface area contributed by atoms with E-state index in [0.717, 1.165) is 51.5 Å². The number of likely N-dealkylation sites (tertiary alicyclic amines) is 1. The van der Waals surface area contributed by atoms with E-state index >= 15 is 0 Å². The number of hydrogen-bond donors (Lipinski definition) is 1. The maximum Gasteiger partial charge on any atom is 0.194 e. The van der Waals surface area contributed by atoms with Crippen LogP contribution in [0.15, 0.2) is 4.99 Å². The first-order valence-corrected chi connectivity index (χ1v) is 11.0. The van der Waals surface area contributed by atoms with Crippen molar-refractivity contribution in [3.8, 4) is 0 Å². The van der Waals surface area contributed by atoms with Crippen LogP contribution in [0.3, 0.4) is 0 Å². The Kier molecular flexibility index (Phi) is 7.41. The van der Waals surface area contributed by atoms with Gasteiger partial charge in [-0.1, -0.05) is 0 Å². The Morgan fingerprint density at radius 1 is 1.32 bits per heavy atom. The summed E-state index contributed by atoms with van der Waals surface area (Å²) in [5.41, 5.74) is 0.383. The lowest BCUT2D eigenvalue weighted by Gasteiger charge is -2.34. The molecule has 1 unspecified atom stereocenters. The minimum absolute atomic E-state index is 0. The topological polar surface area (TPSA) is 71.0 Å². The summed E-state index contributed by atoms with van der Waals surface area (Å²) in [5, 5.41) is 3.48. The molecule has 1 spiro atoms. The first-order valence-electron chi connectivity index (χ1n) is 9.22. The number of aliphatic imine (C=N–C) groups is 1. The summed E-state index contributed by atoms with van der Waals surface area (Å²) in [6, 6.07) is 0.322.